The lowest BCUT2D eigenvalue weighted by Gasteiger charge is -2.25. The van der Waals surface area contributed by atoms with Gasteiger partial charge in [-0.3, -0.25) is 4.79 Å². The number of aliphatic hydroxyl groups is 1. The molecule has 18 heavy (non-hydrogen) atoms. The second kappa shape index (κ2) is 11.6. The second-order valence-electron chi connectivity index (χ2n) is 4.07. The quantitative estimate of drug-likeness (QED) is 0.550. The largest absolute Gasteiger partial charge is 0.396 e. The van der Waals surface area contributed by atoms with Crippen LogP contribution in [0.2, 0.25) is 0 Å². The number of rotatable bonds is 11. The van der Waals surface area contributed by atoms with E-state index in [0.29, 0.717) is 26.1 Å². The molecule has 0 aliphatic heterocycles. The Hall–Kier alpha value is -0.433. The minimum absolute atomic E-state index is 0.0149. The van der Waals surface area contributed by atoms with Crippen LogP contribution in [0.3, 0.4) is 0 Å². The zero-order valence-electron chi connectivity index (χ0n) is 11.8. The van der Waals surface area contributed by atoms with Gasteiger partial charge in [0.1, 0.15) is 0 Å². The van der Waals surface area contributed by atoms with Crippen molar-refractivity contribution in [3.63, 3.8) is 0 Å². The summed E-state index contributed by atoms with van der Waals surface area (Å²) in [6.07, 6.45) is 2.71. The highest BCUT2D eigenvalue weighted by molar-refractivity contribution is 6.46. The summed E-state index contributed by atoms with van der Waals surface area (Å²) in [5, 5.41) is 11.7. The molecular weight excluding hydrogens is 250 g/mol. The Morgan fingerprint density at radius 3 is 2.33 bits per heavy atom. The van der Waals surface area contributed by atoms with Crippen LogP contribution in [0.5, 0.6) is 0 Å². The number of aliphatic hydroxyl groups excluding tert-OH is 1. The van der Waals surface area contributed by atoms with Gasteiger partial charge in [0.15, 0.2) is 0 Å². The number of nitrogens with one attached hydrogen (secondary N) is 1. The zero-order valence-corrected chi connectivity index (χ0v) is 12.9. The predicted octanol–water partition coefficient (Wildman–Crippen LogP) is 0.876. The van der Waals surface area contributed by atoms with E-state index in [4.69, 9.17) is 14.0 Å². The minimum atomic E-state index is -1.85. The molecule has 0 rings (SSSR count). The van der Waals surface area contributed by atoms with Crippen molar-refractivity contribution in [1.29, 1.82) is 0 Å². The number of carbonyl (C=O) groups is 1. The molecule has 0 aromatic carbocycles. The maximum absolute atomic E-state index is 11.7. The van der Waals surface area contributed by atoms with Gasteiger partial charge in [-0.25, -0.2) is 0 Å². The molecule has 0 aliphatic carbocycles. The highest BCUT2D eigenvalue weighted by Crippen LogP contribution is 2.06. The number of amides is 1. The molecular formula is C12H27NO4Si. The van der Waals surface area contributed by atoms with E-state index >= 15 is 0 Å². The van der Waals surface area contributed by atoms with Crippen molar-refractivity contribution in [2.75, 3.05) is 19.8 Å². The van der Waals surface area contributed by atoms with Crippen molar-refractivity contribution < 1.29 is 18.8 Å². The van der Waals surface area contributed by atoms with E-state index in [1.165, 1.54) is 0 Å². The van der Waals surface area contributed by atoms with Crippen molar-refractivity contribution in [2.24, 2.45) is 0 Å². The first kappa shape index (κ1) is 17.6. The highest BCUT2D eigenvalue weighted by Gasteiger charge is 2.26. The molecule has 0 aromatic rings. The molecule has 2 N–H and O–H groups in total. The number of hydrogen-bond donors (Lipinski definition) is 2. The molecule has 0 saturated heterocycles. The third-order valence-corrected chi connectivity index (χ3v) is 4.98. The summed E-state index contributed by atoms with van der Waals surface area (Å²) >= 11 is 0. The van der Waals surface area contributed by atoms with Crippen LogP contribution in [-0.4, -0.2) is 45.8 Å². The maximum atomic E-state index is 11.7. The third-order valence-electron chi connectivity index (χ3n) is 2.50. The summed E-state index contributed by atoms with van der Waals surface area (Å²) in [4.78, 5) is 11.7. The van der Waals surface area contributed by atoms with E-state index in [9.17, 15) is 4.79 Å². The Kier molecular flexibility index (Phi) is 11.4. The lowest BCUT2D eigenvalue weighted by Crippen LogP contribution is -2.49. The van der Waals surface area contributed by atoms with E-state index in [2.05, 4.69) is 12.2 Å². The van der Waals surface area contributed by atoms with Crippen LogP contribution in [0.15, 0.2) is 0 Å². The maximum Gasteiger partial charge on any atom is 0.344 e. The molecule has 108 valence electrons. The van der Waals surface area contributed by atoms with Crippen LogP contribution in [0.25, 0.3) is 0 Å². The predicted molar refractivity (Wildman–Crippen MR) is 73.6 cm³/mol. The van der Waals surface area contributed by atoms with Crippen LogP contribution < -0.4 is 5.32 Å². The fourth-order valence-electron chi connectivity index (χ4n) is 1.71. The summed E-state index contributed by atoms with van der Waals surface area (Å²) in [6.45, 7) is 7.23. The van der Waals surface area contributed by atoms with Gasteiger partial charge < -0.3 is 19.3 Å². The Morgan fingerprint density at radius 1 is 1.28 bits per heavy atom. The molecule has 1 atom stereocenters. The first-order valence-electron chi connectivity index (χ1n) is 6.82. The van der Waals surface area contributed by atoms with Crippen molar-refractivity contribution in [1.82, 2.24) is 5.32 Å². The zero-order chi connectivity index (χ0) is 13.8. The highest BCUT2D eigenvalue weighted by atomic mass is 28.3. The standard InChI is InChI=1S/C12H27NO4Si/c1-4-8-12(13-11(15)9-7-10-14)18(16-5-2)17-6-3/h12,14,18H,4-10H2,1-3H3,(H,13,15). The van der Waals surface area contributed by atoms with E-state index < -0.39 is 9.28 Å². The van der Waals surface area contributed by atoms with Crippen molar-refractivity contribution >= 4 is 15.2 Å². The molecule has 0 spiro atoms. The molecule has 0 aromatic heterocycles. The van der Waals surface area contributed by atoms with E-state index in [1.807, 2.05) is 13.8 Å². The molecule has 1 amide bonds. The molecule has 0 saturated carbocycles. The minimum Gasteiger partial charge on any atom is -0.396 e. The summed E-state index contributed by atoms with van der Waals surface area (Å²) in [5.74, 6) is -0.0283. The van der Waals surface area contributed by atoms with E-state index in [-0.39, 0.29) is 18.2 Å². The van der Waals surface area contributed by atoms with Crippen LogP contribution >= 0.6 is 0 Å². The molecule has 0 aliphatic rings. The van der Waals surface area contributed by atoms with E-state index in [1.54, 1.807) is 0 Å². The monoisotopic (exact) mass is 277 g/mol. The molecule has 5 nitrogen and oxygen atoms in total. The topological polar surface area (TPSA) is 67.8 Å². The van der Waals surface area contributed by atoms with Gasteiger partial charge in [-0.05, 0) is 26.7 Å². The van der Waals surface area contributed by atoms with Gasteiger partial charge in [0.05, 0.1) is 5.67 Å². The Bertz CT molecular complexity index is 210. The molecule has 6 heteroatoms. The second-order valence-corrected chi connectivity index (χ2v) is 6.28. The number of hydrogen-bond acceptors (Lipinski definition) is 4. The van der Waals surface area contributed by atoms with E-state index in [0.717, 1.165) is 12.8 Å². The van der Waals surface area contributed by atoms with Crippen LogP contribution in [0.1, 0.15) is 46.5 Å². The van der Waals surface area contributed by atoms with Gasteiger partial charge in [0.2, 0.25) is 5.91 Å². The summed E-state index contributed by atoms with van der Waals surface area (Å²) < 4.78 is 11.3. The molecule has 0 bridgehead atoms. The molecule has 0 radical (unpaired) electrons. The van der Waals surface area contributed by atoms with Crippen molar-refractivity contribution in [3.05, 3.63) is 0 Å². The van der Waals surface area contributed by atoms with Crippen LogP contribution in [-0.2, 0) is 13.6 Å². The fourth-order valence-corrected chi connectivity index (χ4v) is 3.86. The average molecular weight is 277 g/mol. The lowest BCUT2D eigenvalue weighted by molar-refractivity contribution is -0.121. The Morgan fingerprint density at radius 2 is 1.89 bits per heavy atom. The first-order chi connectivity index (χ1) is 8.69. The molecule has 0 fully saturated rings. The first-order valence-corrected chi connectivity index (χ1v) is 8.43. The van der Waals surface area contributed by atoms with Gasteiger partial charge >= 0.3 is 9.28 Å². The van der Waals surface area contributed by atoms with Gasteiger partial charge in [-0.15, -0.1) is 0 Å². The smallest absolute Gasteiger partial charge is 0.344 e. The van der Waals surface area contributed by atoms with Crippen molar-refractivity contribution in [3.8, 4) is 0 Å². The van der Waals surface area contributed by atoms with Gasteiger partial charge in [0, 0.05) is 26.2 Å². The van der Waals surface area contributed by atoms with Gasteiger partial charge in [0.25, 0.3) is 0 Å². The third kappa shape index (κ3) is 7.81. The molecule has 0 heterocycles. The Labute approximate surface area is 112 Å². The number of carbonyl (C=O) groups excluding carboxylic acids is 1. The lowest BCUT2D eigenvalue weighted by atomic mass is 10.3. The average Bonchev–Trinajstić information content (AvgIpc) is 2.35. The van der Waals surface area contributed by atoms with Gasteiger partial charge in [-0.2, -0.15) is 0 Å². The summed E-state index contributed by atoms with van der Waals surface area (Å²) in [6, 6.07) is 0. The van der Waals surface area contributed by atoms with Crippen LogP contribution in [0, 0.1) is 0 Å². The SMILES string of the molecule is CCCC(NC(=O)CCCO)[SiH](OCC)OCC. The Balaban J connectivity index is 4.34. The summed E-state index contributed by atoms with van der Waals surface area (Å²) in [7, 11) is -1.85. The normalized spacial score (nSPS) is 12.7. The fraction of sp³-hybridized carbons (Fsp3) is 0.917. The summed E-state index contributed by atoms with van der Waals surface area (Å²) in [5.41, 5.74) is 0.0149. The van der Waals surface area contributed by atoms with Gasteiger partial charge in [-0.1, -0.05) is 13.3 Å². The molecule has 1 unspecified atom stereocenters. The van der Waals surface area contributed by atoms with Crippen LogP contribution in [0.4, 0.5) is 0 Å². The van der Waals surface area contributed by atoms with Crippen molar-refractivity contribution in [2.45, 2.75) is 52.1 Å².